The highest BCUT2D eigenvalue weighted by atomic mass is 15.3. The molecule has 1 aromatic heterocycles. The molecule has 0 atom stereocenters. The lowest BCUT2D eigenvalue weighted by Gasteiger charge is -2.31. The Morgan fingerprint density at radius 2 is 1.79 bits per heavy atom. The van der Waals surface area contributed by atoms with Gasteiger partial charge in [-0.05, 0) is 41.7 Å². The van der Waals surface area contributed by atoms with Gasteiger partial charge in [-0.1, -0.05) is 45.0 Å². The summed E-state index contributed by atoms with van der Waals surface area (Å²) in [5, 5.41) is 12.0. The molecule has 24 heavy (non-hydrogen) atoms. The molecule has 1 N–H and O–H groups in total. The number of rotatable bonds is 2. The molecule has 0 bridgehead atoms. The van der Waals surface area contributed by atoms with Crippen LogP contribution in [-0.4, -0.2) is 29.8 Å². The van der Waals surface area contributed by atoms with Crippen LogP contribution in [0.25, 0.3) is 6.08 Å². The zero-order valence-electron chi connectivity index (χ0n) is 15.0. The molecule has 1 aromatic carbocycles. The lowest BCUT2D eigenvalue weighted by atomic mass is 9.86. The number of piperazine rings is 1. The average molecular weight is 322 g/mol. The Kier molecular flexibility index (Phi) is 4.67. The zero-order chi connectivity index (χ0) is 17.2. The number of hydrogen-bond acceptors (Lipinski definition) is 4. The van der Waals surface area contributed by atoms with Crippen LogP contribution in [0.2, 0.25) is 0 Å². The van der Waals surface area contributed by atoms with Gasteiger partial charge in [-0.2, -0.15) is 5.10 Å². The third kappa shape index (κ3) is 3.82. The molecule has 2 heterocycles. The van der Waals surface area contributed by atoms with E-state index in [4.69, 9.17) is 0 Å². The third-order valence-electron chi connectivity index (χ3n) is 4.34. The highest BCUT2D eigenvalue weighted by Crippen LogP contribution is 2.24. The first kappa shape index (κ1) is 16.7. The molecule has 2 aromatic rings. The molecule has 4 nitrogen and oxygen atoms in total. The van der Waals surface area contributed by atoms with Gasteiger partial charge in [0.15, 0.2) is 5.82 Å². The summed E-state index contributed by atoms with van der Waals surface area (Å²) in [4.78, 5) is 2.25. The van der Waals surface area contributed by atoms with Crippen LogP contribution in [0, 0.1) is 6.92 Å². The van der Waals surface area contributed by atoms with Crippen LogP contribution >= 0.6 is 0 Å². The lowest BCUT2D eigenvalue weighted by Crippen LogP contribution is -2.42. The average Bonchev–Trinajstić information content (AvgIpc) is 2.56. The maximum atomic E-state index is 4.35. The predicted molar refractivity (Wildman–Crippen MR) is 100 cm³/mol. The van der Waals surface area contributed by atoms with Crippen LogP contribution in [0.15, 0.2) is 42.1 Å². The summed E-state index contributed by atoms with van der Waals surface area (Å²) >= 11 is 0. The van der Waals surface area contributed by atoms with Gasteiger partial charge in [0.1, 0.15) is 0 Å². The second-order valence-corrected chi connectivity index (χ2v) is 7.37. The summed E-state index contributed by atoms with van der Waals surface area (Å²) < 4.78 is 0. The largest absolute Gasteiger partial charge is 0.326 e. The molecule has 1 saturated heterocycles. The molecular weight excluding hydrogens is 296 g/mol. The Morgan fingerprint density at radius 1 is 1.04 bits per heavy atom. The summed E-state index contributed by atoms with van der Waals surface area (Å²) in [6.07, 6.45) is 2.24. The van der Waals surface area contributed by atoms with E-state index in [0.29, 0.717) is 0 Å². The van der Waals surface area contributed by atoms with Gasteiger partial charge in [-0.15, -0.1) is 5.10 Å². The first-order valence-electron chi connectivity index (χ1n) is 8.53. The maximum Gasteiger partial charge on any atom is 0.155 e. The molecule has 4 heteroatoms. The summed E-state index contributed by atoms with van der Waals surface area (Å²) in [5.74, 6) is 0.916. The highest BCUT2D eigenvalue weighted by Gasteiger charge is 2.18. The fourth-order valence-corrected chi connectivity index (χ4v) is 2.84. The molecule has 0 amide bonds. The van der Waals surface area contributed by atoms with Crippen molar-refractivity contribution in [3.05, 3.63) is 58.9 Å². The van der Waals surface area contributed by atoms with Gasteiger partial charge in [0.2, 0.25) is 0 Å². The van der Waals surface area contributed by atoms with Gasteiger partial charge in [0, 0.05) is 25.3 Å². The van der Waals surface area contributed by atoms with Crippen molar-refractivity contribution in [1.29, 1.82) is 0 Å². The van der Waals surface area contributed by atoms with E-state index in [1.165, 1.54) is 16.8 Å². The van der Waals surface area contributed by atoms with Crippen molar-refractivity contribution >= 4 is 11.9 Å². The highest BCUT2D eigenvalue weighted by molar-refractivity contribution is 5.61. The maximum absolute atomic E-state index is 4.35. The molecule has 0 saturated carbocycles. The second-order valence-electron chi connectivity index (χ2n) is 7.37. The topological polar surface area (TPSA) is 41.0 Å². The van der Waals surface area contributed by atoms with Crippen molar-refractivity contribution in [3.8, 4) is 0 Å². The SMILES string of the molecule is Cc1ccc(N2CCNCC2=Cc2ccc(C(C)(C)C)cc2)nn1. The van der Waals surface area contributed by atoms with Crippen molar-refractivity contribution in [2.24, 2.45) is 0 Å². The Bertz CT molecular complexity index is 709. The van der Waals surface area contributed by atoms with E-state index in [1.807, 2.05) is 19.1 Å². The standard InChI is InChI=1S/C20H26N4/c1-15-5-10-19(23-22-15)24-12-11-21-14-18(24)13-16-6-8-17(9-7-16)20(2,3)4/h5-10,13,21H,11-12,14H2,1-4H3. The van der Waals surface area contributed by atoms with Crippen molar-refractivity contribution in [2.75, 3.05) is 24.5 Å². The van der Waals surface area contributed by atoms with Crippen LogP contribution in [0.4, 0.5) is 5.82 Å². The Labute approximate surface area is 144 Å². The molecule has 1 aliphatic rings. The number of aromatic nitrogens is 2. The quantitative estimate of drug-likeness (QED) is 0.918. The van der Waals surface area contributed by atoms with Gasteiger partial charge in [0.25, 0.3) is 0 Å². The molecule has 1 fully saturated rings. The smallest absolute Gasteiger partial charge is 0.155 e. The Hall–Kier alpha value is -2.20. The summed E-state index contributed by atoms with van der Waals surface area (Å²) in [6, 6.07) is 12.9. The van der Waals surface area contributed by atoms with E-state index in [2.05, 4.69) is 71.5 Å². The van der Waals surface area contributed by atoms with Crippen LogP contribution in [0.1, 0.15) is 37.6 Å². The van der Waals surface area contributed by atoms with Crippen molar-refractivity contribution < 1.29 is 0 Å². The number of nitrogens with one attached hydrogen (secondary N) is 1. The van der Waals surface area contributed by atoms with E-state index in [9.17, 15) is 0 Å². The fraction of sp³-hybridized carbons (Fsp3) is 0.400. The minimum absolute atomic E-state index is 0.182. The van der Waals surface area contributed by atoms with Crippen LogP contribution < -0.4 is 10.2 Å². The summed E-state index contributed by atoms with van der Waals surface area (Å²) in [6.45, 7) is 11.4. The molecule has 0 aliphatic carbocycles. The monoisotopic (exact) mass is 322 g/mol. The van der Waals surface area contributed by atoms with Gasteiger partial charge in [-0.3, -0.25) is 0 Å². The fourth-order valence-electron chi connectivity index (χ4n) is 2.84. The predicted octanol–water partition coefficient (Wildman–Crippen LogP) is 3.53. The first-order chi connectivity index (χ1) is 11.4. The second kappa shape index (κ2) is 6.73. The molecule has 0 radical (unpaired) electrons. The van der Waals surface area contributed by atoms with E-state index < -0.39 is 0 Å². The zero-order valence-corrected chi connectivity index (χ0v) is 15.0. The minimum Gasteiger partial charge on any atom is -0.326 e. The Balaban J connectivity index is 1.87. The van der Waals surface area contributed by atoms with Crippen LogP contribution in [-0.2, 0) is 5.41 Å². The number of aryl methyl sites for hydroxylation is 1. The molecule has 3 rings (SSSR count). The van der Waals surface area contributed by atoms with E-state index >= 15 is 0 Å². The molecular formula is C20H26N4. The normalized spacial score (nSPS) is 17.3. The minimum atomic E-state index is 0.182. The summed E-state index contributed by atoms with van der Waals surface area (Å²) in [7, 11) is 0. The lowest BCUT2D eigenvalue weighted by molar-refractivity contribution is 0.590. The Morgan fingerprint density at radius 3 is 2.42 bits per heavy atom. The van der Waals surface area contributed by atoms with E-state index in [1.54, 1.807) is 0 Å². The third-order valence-corrected chi connectivity index (χ3v) is 4.34. The summed E-state index contributed by atoms with van der Waals surface area (Å²) in [5.41, 5.74) is 4.92. The van der Waals surface area contributed by atoms with Crippen LogP contribution in [0.5, 0.6) is 0 Å². The van der Waals surface area contributed by atoms with Crippen LogP contribution in [0.3, 0.4) is 0 Å². The molecule has 1 aliphatic heterocycles. The number of benzene rings is 1. The van der Waals surface area contributed by atoms with Gasteiger partial charge >= 0.3 is 0 Å². The van der Waals surface area contributed by atoms with Gasteiger partial charge in [0.05, 0.1) is 5.69 Å². The van der Waals surface area contributed by atoms with Gasteiger partial charge < -0.3 is 10.2 Å². The number of hydrogen-bond donors (Lipinski definition) is 1. The molecule has 0 spiro atoms. The molecule has 126 valence electrons. The number of anilines is 1. The molecule has 0 unspecified atom stereocenters. The first-order valence-corrected chi connectivity index (χ1v) is 8.53. The van der Waals surface area contributed by atoms with Crippen molar-refractivity contribution in [3.63, 3.8) is 0 Å². The van der Waals surface area contributed by atoms with Crippen molar-refractivity contribution in [2.45, 2.75) is 33.1 Å². The van der Waals surface area contributed by atoms with Gasteiger partial charge in [-0.25, -0.2) is 0 Å². The number of nitrogens with zero attached hydrogens (tertiary/aromatic N) is 3. The van der Waals surface area contributed by atoms with E-state index in [-0.39, 0.29) is 5.41 Å². The van der Waals surface area contributed by atoms with E-state index in [0.717, 1.165) is 31.1 Å². The van der Waals surface area contributed by atoms with Crippen molar-refractivity contribution in [1.82, 2.24) is 15.5 Å².